The molecule has 0 bridgehead atoms. The molecular formula is C70H94N2O8. The highest BCUT2D eigenvalue weighted by Crippen LogP contribution is 2.67. The van der Waals surface area contributed by atoms with E-state index < -0.39 is 6.16 Å². The topological polar surface area (TPSA) is 116 Å². The average Bonchev–Trinajstić information content (AvgIpc) is 3.54. The number of benzene rings is 2. The first-order valence-electron chi connectivity index (χ1n) is 31.9. The monoisotopic (exact) mass is 1090 g/mol. The Balaban J connectivity index is 0.000000171. The summed E-state index contributed by atoms with van der Waals surface area (Å²) in [6, 6.07) is 20.2. The van der Waals surface area contributed by atoms with Gasteiger partial charge in [0, 0.05) is 30.8 Å². The number of fused-ring (bicyclic) bond motifs is 12. The number of ether oxygens (including phenoxy) is 5. The first kappa shape index (κ1) is 55.0. The molecule has 4 aliphatic heterocycles. The van der Waals surface area contributed by atoms with Crippen molar-refractivity contribution >= 4 is 12.2 Å². The third-order valence-electron chi connectivity index (χ3n) is 24.8. The van der Waals surface area contributed by atoms with Gasteiger partial charge in [0.05, 0.1) is 35.6 Å². The summed E-state index contributed by atoms with van der Waals surface area (Å²) in [5.74, 6) is 6.01. The molecule has 2 aromatic rings. The Hall–Kier alpha value is -4.22. The van der Waals surface area contributed by atoms with E-state index in [1.165, 1.54) is 49.7 Å². The second-order valence-corrected chi connectivity index (χ2v) is 28.7. The third-order valence-corrected chi connectivity index (χ3v) is 24.8. The fourth-order valence-electron chi connectivity index (χ4n) is 20.4. The first-order valence-corrected chi connectivity index (χ1v) is 31.9. The molecule has 10 heteroatoms. The molecular weight excluding hydrogens is 997 g/mol. The Morgan fingerprint density at radius 3 is 1.84 bits per heavy atom. The van der Waals surface area contributed by atoms with Gasteiger partial charge >= 0.3 is 12.2 Å². The summed E-state index contributed by atoms with van der Waals surface area (Å²) in [6.45, 7) is 21.6. The molecule has 4 saturated carbocycles. The van der Waals surface area contributed by atoms with Crippen molar-refractivity contribution in [1.82, 2.24) is 10.2 Å². The minimum Gasteiger partial charge on any atom is -0.445 e. The van der Waals surface area contributed by atoms with Crippen molar-refractivity contribution in [2.75, 3.05) is 13.1 Å². The Morgan fingerprint density at radius 1 is 0.662 bits per heavy atom. The van der Waals surface area contributed by atoms with Crippen LogP contribution in [-0.2, 0) is 36.9 Å². The average molecular weight is 1090 g/mol. The summed E-state index contributed by atoms with van der Waals surface area (Å²) >= 11 is 0. The van der Waals surface area contributed by atoms with Crippen molar-refractivity contribution in [3.63, 3.8) is 0 Å². The minimum absolute atomic E-state index is 0.0192. The Morgan fingerprint density at radius 2 is 1.21 bits per heavy atom. The fraction of sp³-hybridized carbons (Fsp3) is 0.686. The lowest BCUT2D eigenvalue weighted by molar-refractivity contribution is -0.0639. The molecule has 432 valence electrons. The lowest BCUT2D eigenvalue weighted by atomic mass is 9.56. The van der Waals surface area contributed by atoms with Gasteiger partial charge in [-0.1, -0.05) is 137 Å². The van der Waals surface area contributed by atoms with Crippen molar-refractivity contribution in [2.45, 2.75) is 219 Å². The summed E-state index contributed by atoms with van der Waals surface area (Å²) in [6.07, 6.45) is 21.8. The van der Waals surface area contributed by atoms with Gasteiger partial charge in [0.1, 0.15) is 19.3 Å². The van der Waals surface area contributed by atoms with Crippen molar-refractivity contribution in [2.24, 2.45) is 70.0 Å². The zero-order chi connectivity index (χ0) is 55.5. The number of carbonyl (C=O) groups is 2. The highest BCUT2D eigenvalue weighted by Gasteiger charge is 2.64. The van der Waals surface area contributed by atoms with Gasteiger partial charge < -0.3 is 39.0 Å². The van der Waals surface area contributed by atoms with E-state index >= 15 is 0 Å². The number of carbonyl (C=O) groups excluding carboxylic acids is 2. The number of aliphatic hydroxyl groups is 1. The van der Waals surface area contributed by atoms with Crippen molar-refractivity contribution in [3.05, 3.63) is 117 Å². The predicted octanol–water partition coefficient (Wildman–Crippen LogP) is 14.4. The van der Waals surface area contributed by atoms with E-state index in [4.69, 9.17) is 23.7 Å². The van der Waals surface area contributed by atoms with Gasteiger partial charge in [0.25, 0.3) is 0 Å². The number of rotatable bonds is 5. The third kappa shape index (κ3) is 9.14. The summed E-state index contributed by atoms with van der Waals surface area (Å²) in [7, 11) is 0. The van der Waals surface area contributed by atoms with E-state index in [9.17, 15) is 14.7 Å². The van der Waals surface area contributed by atoms with Gasteiger partial charge in [-0.25, -0.2) is 9.59 Å². The van der Waals surface area contributed by atoms with E-state index in [2.05, 4.69) is 72.9 Å². The highest BCUT2D eigenvalue weighted by molar-refractivity contribution is 5.69. The van der Waals surface area contributed by atoms with Gasteiger partial charge in [-0.05, 0) is 197 Å². The number of amides is 1. The quantitative estimate of drug-likeness (QED) is 0.223. The first-order chi connectivity index (χ1) is 38.5. The van der Waals surface area contributed by atoms with Gasteiger partial charge in [0.15, 0.2) is 0 Å². The fourth-order valence-corrected chi connectivity index (χ4v) is 20.4. The molecule has 80 heavy (non-hydrogen) atoms. The normalized spacial score (nSPS) is 43.9. The van der Waals surface area contributed by atoms with E-state index in [0.29, 0.717) is 53.7 Å². The van der Waals surface area contributed by atoms with Crippen LogP contribution in [0.15, 0.2) is 106 Å². The van der Waals surface area contributed by atoms with Crippen molar-refractivity contribution in [3.8, 4) is 0 Å². The number of piperidine rings is 2. The second kappa shape index (κ2) is 21.1. The maximum atomic E-state index is 13.6. The molecule has 4 heterocycles. The van der Waals surface area contributed by atoms with E-state index in [1.807, 2.05) is 65.6 Å². The zero-order valence-corrected chi connectivity index (χ0v) is 49.6. The highest BCUT2D eigenvalue weighted by atomic mass is 16.7. The molecule has 8 fully saturated rings. The molecule has 20 atom stereocenters. The zero-order valence-electron chi connectivity index (χ0n) is 49.6. The predicted molar refractivity (Wildman–Crippen MR) is 311 cm³/mol. The maximum Gasteiger partial charge on any atom is 0.508 e. The van der Waals surface area contributed by atoms with Crippen LogP contribution in [0, 0.1) is 70.0 Å². The molecule has 2 N–H and O–H groups in total. The van der Waals surface area contributed by atoms with Gasteiger partial charge in [-0.2, -0.15) is 0 Å². The summed E-state index contributed by atoms with van der Waals surface area (Å²) in [5.41, 5.74) is 11.5. The largest absolute Gasteiger partial charge is 0.508 e. The molecule has 10 nitrogen and oxygen atoms in total. The summed E-state index contributed by atoms with van der Waals surface area (Å²) in [5, 5.41) is 14.1. The van der Waals surface area contributed by atoms with Crippen LogP contribution in [-0.4, -0.2) is 83.0 Å². The second-order valence-electron chi connectivity index (χ2n) is 28.7. The molecule has 2 spiro atoms. The van der Waals surface area contributed by atoms with Crippen LogP contribution in [0.4, 0.5) is 9.59 Å². The SMILES string of the molecule is CC1=C2C[C@H]3[C@@H](CC=C4C[C@@H](O)CC[C@@]43C)[C@@H]2CC[C@]12O[C@@H]1C[C@H](C)CN[C@H]1[C@H]2C.CC1=C2C[C@H]3[C@@H](CC=C4C[C@@H](OC(=O)OCc5ccccc5)CC[C@@]43C)[C@@H]2CC[C@]12O[C@@H]1C[C@H](C)CN(C(=O)OCc3ccccc3)[C@H]1[C@H]2C. The number of hydrogen-bond acceptors (Lipinski definition) is 9. The number of nitrogens with zero attached hydrogens (tertiary/aromatic N) is 1. The van der Waals surface area contributed by atoms with Crippen molar-refractivity contribution in [1.29, 1.82) is 0 Å². The summed E-state index contributed by atoms with van der Waals surface area (Å²) in [4.78, 5) is 28.3. The standard InChI is InChI=1S/C43H53NO6.C27H41NO2/c1-27-21-38-39(44(24-27)40(45)47-25-30-11-7-5-8-12-30)29(3)43(50-38)20-18-34-35-16-15-32-22-33(49-41(46)48-26-31-13-9-6-10-14-31)17-19-42(32,4)37(35)23-36(34)28(43)2;1-15-11-24-25(28-14-15)17(3)27(30-24)10-8-20-21-6-5-18-12-19(29)7-9-26(18,4)23(21)13-22(20)16(27)2/h5-15,27,29,33-35,37-39H,16-26H2,1-4H3;5,15,17,19-21,23-25,28-29H,6-14H2,1-4H3/t27-,29+,33-,34-,35-,37-,38+,39-,42-,43-;15-,17+,19-,20-,21-,23-,24+,25-,26-,27-/m00/s1. The number of likely N-dealkylation sites (tertiary alicyclic amines) is 1. The minimum atomic E-state index is -0.571. The van der Waals surface area contributed by atoms with Gasteiger partial charge in [-0.15, -0.1) is 0 Å². The Kier molecular flexibility index (Phi) is 14.5. The lowest BCUT2D eigenvalue weighted by Crippen LogP contribution is -2.54. The van der Waals surface area contributed by atoms with Crippen LogP contribution in [0.1, 0.15) is 169 Å². The van der Waals surface area contributed by atoms with E-state index in [-0.39, 0.29) is 66.2 Å². The molecule has 0 radical (unpaired) electrons. The molecule has 0 aromatic heterocycles. The lowest BCUT2D eigenvalue weighted by Gasteiger charge is -2.49. The maximum absolute atomic E-state index is 13.6. The van der Waals surface area contributed by atoms with Crippen molar-refractivity contribution < 1.29 is 38.4 Å². The number of aliphatic hydroxyl groups excluding tert-OH is 1. The van der Waals surface area contributed by atoms with Crippen LogP contribution in [0.2, 0.25) is 0 Å². The molecule has 8 aliphatic carbocycles. The van der Waals surface area contributed by atoms with Gasteiger partial charge in [0.2, 0.25) is 0 Å². The summed E-state index contributed by atoms with van der Waals surface area (Å²) < 4.78 is 31.5. The van der Waals surface area contributed by atoms with Crippen LogP contribution in [0.3, 0.4) is 0 Å². The number of hydrogen-bond donors (Lipinski definition) is 2. The molecule has 4 saturated heterocycles. The van der Waals surface area contributed by atoms with Gasteiger partial charge in [-0.3, -0.25) is 0 Å². The van der Waals surface area contributed by atoms with E-state index in [1.54, 1.807) is 22.3 Å². The smallest absolute Gasteiger partial charge is 0.445 e. The number of allylic oxidation sites excluding steroid dienone is 4. The van der Waals surface area contributed by atoms with Crippen LogP contribution < -0.4 is 5.32 Å². The number of nitrogens with one attached hydrogen (secondary N) is 1. The Labute approximate surface area is 478 Å². The molecule has 12 aliphatic rings. The molecule has 14 rings (SSSR count). The van der Waals surface area contributed by atoms with Crippen LogP contribution in [0.5, 0.6) is 0 Å². The van der Waals surface area contributed by atoms with Crippen LogP contribution in [0.25, 0.3) is 0 Å². The molecule has 2 aromatic carbocycles. The molecule has 1 amide bonds. The Bertz CT molecular complexity index is 2810. The van der Waals surface area contributed by atoms with E-state index in [0.717, 1.165) is 106 Å². The van der Waals surface area contributed by atoms with Crippen LogP contribution >= 0.6 is 0 Å². The molecule has 0 unspecified atom stereocenters.